The number of alkyl carbamates (subject to hydrolysis) is 1. The number of Topliss-reactive ketones (excluding diaryl/α,β-unsaturated/α-hetero) is 1. The third kappa shape index (κ3) is 10.0. The Bertz CT molecular complexity index is 1560. The third-order valence-electron chi connectivity index (χ3n) is 10.6. The van der Waals surface area contributed by atoms with Crippen LogP contribution >= 0.6 is 0 Å². The van der Waals surface area contributed by atoms with Gasteiger partial charge < -0.3 is 35.8 Å². The van der Waals surface area contributed by atoms with Gasteiger partial charge in [-0.05, 0) is 75.2 Å². The van der Waals surface area contributed by atoms with E-state index in [0.717, 1.165) is 25.7 Å². The van der Waals surface area contributed by atoms with Gasteiger partial charge in [-0.15, -0.1) is 6.58 Å². The first kappa shape index (κ1) is 41.0. The number of ketones is 1. The molecule has 1 aromatic rings. The van der Waals surface area contributed by atoms with Crippen molar-refractivity contribution in [3.8, 4) is 0 Å². The minimum Gasteiger partial charge on any atom is -0.444 e. The van der Waals surface area contributed by atoms with Crippen LogP contribution < -0.4 is 21.3 Å². The van der Waals surface area contributed by atoms with Crippen LogP contribution in [0.3, 0.4) is 0 Å². The Hall–Kier alpha value is -4.75. The molecule has 1 heterocycles. The Morgan fingerprint density at radius 2 is 1.64 bits per heavy atom. The molecule has 2 saturated carbocycles. The predicted octanol–water partition coefficient (Wildman–Crippen LogP) is 2.63. The van der Waals surface area contributed by atoms with E-state index in [-0.39, 0.29) is 41.4 Å². The fourth-order valence-corrected chi connectivity index (χ4v) is 7.72. The second-order valence-corrected chi connectivity index (χ2v) is 16.2. The van der Waals surface area contributed by atoms with Crippen LogP contribution in [0.1, 0.15) is 84.7 Å². The van der Waals surface area contributed by atoms with Crippen molar-refractivity contribution in [3.63, 3.8) is 0 Å². The van der Waals surface area contributed by atoms with Gasteiger partial charge in [0.1, 0.15) is 23.7 Å². The van der Waals surface area contributed by atoms with E-state index in [4.69, 9.17) is 4.74 Å². The summed E-state index contributed by atoms with van der Waals surface area (Å²) in [7, 11) is 3.12. The number of rotatable bonds is 15. The van der Waals surface area contributed by atoms with Gasteiger partial charge in [-0.3, -0.25) is 28.8 Å². The van der Waals surface area contributed by atoms with Crippen LogP contribution in [0.15, 0.2) is 43.0 Å². The number of likely N-dealkylation sites (N-methyl/N-ethyl adjacent to an activating group) is 1. The van der Waals surface area contributed by atoms with E-state index in [9.17, 15) is 33.6 Å². The van der Waals surface area contributed by atoms with Crippen molar-refractivity contribution in [2.24, 2.45) is 23.2 Å². The van der Waals surface area contributed by atoms with Crippen LogP contribution in [0.2, 0.25) is 0 Å². The molecule has 6 amide bonds. The minimum absolute atomic E-state index is 0.0381. The average Bonchev–Trinajstić information content (AvgIpc) is 3.54. The molecular weight excluding hydrogens is 680 g/mol. The van der Waals surface area contributed by atoms with Crippen molar-refractivity contribution in [1.29, 1.82) is 0 Å². The van der Waals surface area contributed by atoms with E-state index < -0.39 is 65.9 Å². The van der Waals surface area contributed by atoms with Gasteiger partial charge in [0.25, 0.3) is 5.91 Å². The average molecular weight is 737 g/mol. The predicted molar refractivity (Wildman–Crippen MR) is 197 cm³/mol. The molecule has 0 aromatic heterocycles. The molecule has 6 atom stereocenters. The van der Waals surface area contributed by atoms with Crippen LogP contribution in [-0.4, -0.2) is 102 Å². The number of carbonyl (C=O) groups excluding carboxylic acids is 7. The molecule has 0 bridgehead atoms. The summed E-state index contributed by atoms with van der Waals surface area (Å²) in [6, 6.07) is 4.54. The van der Waals surface area contributed by atoms with Gasteiger partial charge >= 0.3 is 6.09 Å². The van der Waals surface area contributed by atoms with Crippen LogP contribution in [0.5, 0.6) is 0 Å². The number of nitrogens with one attached hydrogen (secondary N) is 4. The Morgan fingerprint density at radius 1 is 1.00 bits per heavy atom. The van der Waals surface area contributed by atoms with Crippen LogP contribution in [0.25, 0.3) is 0 Å². The lowest BCUT2D eigenvalue weighted by molar-refractivity contribution is -0.145. The molecule has 6 unspecified atom stereocenters. The molecule has 14 nitrogen and oxygen atoms in total. The first-order valence-electron chi connectivity index (χ1n) is 18.5. The number of piperidine rings is 1. The molecule has 1 aromatic carbocycles. The first-order valence-corrected chi connectivity index (χ1v) is 18.5. The van der Waals surface area contributed by atoms with Crippen molar-refractivity contribution in [1.82, 2.24) is 31.1 Å². The van der Waals surface area contributed by atoms with E-state index in [1.54, 1.807) is 71.3 Å². The number of hydrogen-bond acceptors (Lipinski definition) is 8. The number of fused-ring (bicyclic) bond motifs is 1. The van der Waals surface area contributed by atoms with Crippen LogP contribution in [-0.2, 0) is 33.5 Å². The number of allylic oxidation sites excluding steroid dienone is 1. The molecule has 0 spiro atoms. The SMILES string of the molecule is C=CCCC(NC(=O)C1C2C(CN1C(=O)C(NC(=O)OC(C)(C)C)C1CCCC1)C2(C)C)C(=O)C(=O)NCC(=O)NC(C(=O)N(C)C)c1ccccc1. The summed E-state index contributed by atoms with van der Waals surface area (Å²) in [6.45, 7) is 12.7. The highest BCUT2D eigenvalue weighted by molar-refractivity contribution is 6.38. The molecule has 1 aliphatic heterocycles. The van der Waals surface area contributed by atoms with E-state index in [1.807, 2.05) is 13.8 Å². The molecule has 14 heteroatoms. The zero-order chi connectivity index (χ0) is 39.2. The quantitative estimate of drug-likeness (QED) is 0.157. The molecule has 2 aliphatic carbocycles. The molecule has 290 valence electrons. The zero-order valence-corrected chi connectivity index (χ0v) is 32.0. The summed E-state index contributed by atoms with van der Waals surface area (Å²) in [5.74, 6) is -4.33. The number of nitrogens with zero attached hydrogens (tertiary/aromatic N) is 2. The molecule has 4 N–H and O–H groups in total. The topological polar surface area (TPSA) is 183 Å². The summed E-state index contributed by atoms with van der Waals surface area (Å²) >= 11 is 0. The Morgan fingerprint density at radius 3 is 2.23 bits per heavy atom. The van der Waals surface area contributed by atoms with Crippen LogP contribution in [0, 0.1) is 23.2 Å². The summed E-state index contributed by atoms with van der Waals surface area (Å²) < 4.78 is 5.48. The molecule has 4 rings (SSSR count). The second-order valence-electron chi connectivity index (χ2n) is 16.2. The van der Waals surface area contributed by atoms with E-state index >= 15 is 0 Å². The van der Waals surface area contributed by atoms with E-state index in [0.29, 0.717) is 18.5 Å². The Balaban J connectivity index is 1.46. The number of hydrogen-bond donors (Lipinski definition) is 4. The normalized spacial score (nSPS) is 21.9. The maximum atomic E-state index is 14.3. The molecule has 1 saturated heterocycles. The van der Waals surface area contributed by atoms with Crippen molar-refractivity contribution < 1.29 is 38.3 Å². The van der Waals surface area contributed by atoms with E-state index in [1.165, 1.54) is 9.80 Å². The molecule has 3 aliphatic rings. The highest BCUT2D eigenvalue weighted by atomic mass is 16.6. The van der Waals surface area contributed by atoms with Crippen molar-refractivity contribution >= 4 is 41.4 Å². The number of ether oxygens (including phenoxy) is 1. The third-order valence-corrected chi connectivity index (χ3v) is 10.6. The first-order chi connectivity index (χ1) is 24.9. The lowest BCUT2D eigenvalue weighted by Gasteiger charge is -2.35. The Kier molecular flexibility index (Phi) is 13.1. The summed E-state index contributed by atoms with van der Waals surface area (Å²) in [6.07, 6.45) is 4.55. The van der Waals surface area contributed by atoms with Gasteiger partial charge in [0.2, 0.25) is 29.4 Å². The zero-order valence-electron chi connectivity index (χ0n) is 32.0. The minimum atomic E-state index is -1.26. The number of amides is 6. The number of carbonyl (C=O) groups is 7. The second kappa shape index (κ2) is 16.9. The largest absolute Gasteiger partial charge is 0.444 e. The lowest BCUT2D eigenvalue weighted by Crippen LogP contribution is -2.59. The van der Waals surface area contributed by atoms with Gasteiger partial charge in [-0.1, -0.05) is 63.1 Å². The molecule has 53 heavy (non-hydrogen) atoms. The highest BCUT2D eigenvalue weighted by Gasteiger charge is 2.69. The monoisotopic (exact) mass is 736 g/mol. The van der Waals surface area contributed by atoms with Crippen molar-refractivity contribution in [3.05, 3.63) is 48.6 Å². The number of benzene rings is 1. The lowest BCUT2D eigenvalue weighted by atomic mass is 9.94. The van der Waals surface area contributed by atoms with Gasteiger partial charge in [-0.2, -0.15) is 0 Å². The molecule has 3 fully saturated rings. The highest BCUT2D eigenvalue weighted by Crippen LogP contribution is 2.65. The van der Waals surface area contributed by atoms with Gasteiger partial charge in [0.05, 0.1) is 12.6 Å². The molecular formula is C39H56N6O8. The standard InChI is InChI=1S/C39H56N6O8/c1-9-10-20-26(32(47)34(49)40-21-27(46)42-29(35(50)44(7)8)23-16-12-11-13-17-23)41-33(48)31-28-25(39(28,5)6)22-45(31)36(51)30(24-18-14-15-19-24)43-37(52)53-38(2,3)4/h9,11-13,16-17,24-26,28-31H,1,10,14-15,18-22H2,2-8H3,(H,40,49)(H,41,48)(H,42,46)(H,43,52). The van der Waals surface area contributed by atoms with Crippen molar-refractivity contribution in [2.45, 2.75) is 103 Å². The molecule has 0 radical (unpaired) electrons. The van der Waals surface area contributed by atoms with Gasteiger partial charge in [-0.25, -0.2) is 4.79 Å². The maximum absolute atomic E-state index is 14.3. The van der Waals surface area contributed by atoms with Crippen molar-refractivity contribution in [2.75, 3.05) is 27.2 Å². The Labute approximate surface area is 312 Å². The summed E-state index contributed by atoms with van der Waals surface area (Å²) in [5.41, 5.74) is -0.463. The van der Waals surface area contributed by atoms with Crippen LogP contribution in [0.4, 0.5) is 4.79 Å². The van der Waals surface area contributed by atoms with E-state index in [2.05, 4.69) is 27.8 Å². The van der Waals surface area contributed by atoms with Gasteiger partial charge in [0, 0.05) is 20.6 Å². The maximum Gasteiger partial charge on any atom is 0.408 e. The van der Waals surface area contributed by atoms with Gasteiger partial charge in [0.15, 0.2) is 0 Å². The summed E-state index contributed by atoms with van der Waals surface area (Å²) in [5, 5.41) is 10.5. The fraction of sp³-hybridized carbons (Fsp3) is 0.615. The smallest absolute Gasteiger partial charge is 0.408 e. The fourth-order valence-electron chi connectivity index (χ4n) is 7.72. The number of likely N-dealkylation sites (tertiary alicyclic amines) is 1. The summed E-state index contributed by atoms with van der Waals surface area (Å²) in [4.78, 5) is 96.6.